The fraction of sp³-hybridized carbons (Fsp3) is 0.278. The molecule has 1 aliphatic heterocycles. The predicted molar refractivity (Wildman–Crippen MR) is 97.3 cm³/mol. The Morgan fingerprint density at radius 1 is 1.50 bits per heavy atom. The van der Waals surface area contributed by atoms with Crippen molar-refractivity contribution < 1.29 is 19.1 Å². The zero-order chi connectivity index (χ0) is 19.7. The average Bonchev–Trinajstić information content (AvgIpc) is 3.41. The fourth-order valence-corrected chi connectivity index (χ4v) is 3.02. The quantitative estimate of drug-likeness (QED) is 0.671. The van der Waals surface area contributed by atoms with Gasteiger partial charge in [-0.05, 0) is 12.1 Å². The molecule has 1 aliphatic rings. The van der Waals surface area contributed by atoms with Crippen molar-refractivity contribution in [1.29, 1.82) is 0 Å². The van der Waals surface area contributed by atoms with E-state index in [1.165, 1.54) is 15.8 Å². The van der Waals surface area contributed by atoms with Gasteiger partial charge in [0.05, 0.1) is 12.4 Å². The summed E-state index contributed by atoms with van der Waals surface area (Å²) in [5, 5.41) is 16.3. The van der Waals surface area contributed by atoms with E-state index >= 15 is 0 Å². The van der Waals surface area contributed by atoms with Gasteiger partial charge in [0.15, 0.2) is 11.5 Å². The predicted octanol–water partition coefficient (Wildman–Crippen LogP) is 0.868. The maximum atomic E-state index is 12.6. The summed E-state index contributed by atoms with van der Waals surface area (Å²) in [6.45, 7) is 0.271. The lowest BCUT2D eigenvalue weighted by atomic mass is 10.1. The van der Waals surface area contributed by atoms with E-state index in [0.717, 1.165) is 0 Å². The van der Waals surface area contributed by atoms with Crippen molar-refractivity contribution in [2.45, 2.75) is 6.42 Å². The molecule has 0 aliphatic carbocycles. The summed E-state index contributed by atoms with van der Waals surface area (Å²) in [7, 11) is 1.69. The van der Waals surface area contributed by atoms with Gasteiger partial charge in [-0.1, -0.05) is 0 Å². The lowest BCUT2D eigenvalue weighted by Gasteiger charge is -2.15. The fourth-order valence-electron chi connectivity index (χ4n) is 3.02. The Balaban J connectivity index is 1.55. The summed E-state index contributed by atoms with van der Waals surface area (Å²) in [4.78, 5) is 34.3. The first-order valence-electron chi connectivity index (χ1n) is 8.59. The van der Waals surface area contributed by atoms with Crippen LogP contribution in [0.25, 0.3) is 11.5 Å². The number of oxazole rings is 1. The van der Waals surface area contributed by atoms with Crippen LogP contribution in [-0.4, -0.2) is 49.8 Å². The van der Waals surface area contributed by atoms with Crippen LogP contribution in [0.1, 0.15) is 16.9 Å². The first kappa shape index (κ1) is 17.9. The molecular weight excluding hydrogens is 364 g/mol. The van der Waals surface area contributed by atoms with Crippen molar-refractivity contribution in [3.8, 4) is 11.5 Å². The van der Waals surface area contributed by atoms with Gasteiger partial charge < -0.3 is 14.8 Å². The van der Waals surface area contributed by atoms with E-state index in [2.05, 4.69) is 26.6 Å². The number of aliphatic hydroxyl groups is 1. The number of rotatable bonds is 5. The van der Waals surface area contributed by atoms with Crippen LogP contribution >= 0.6 is 0 Å². The van der Waals surface area contributed by atoms with Gasteiger partial charge >= 0.3 is 0 Å². The van der Waals surface area contributed by atoms with Crippen LogP contribution in [0.2, 0.25) is 0 Å². The van der Waals surface area contributed by atoms with E-state index in [9.17, 15) is 14.7 Å². The van der Waals surface area contributed by atoms with E-state index in [1.807, 2.05) is 0 Å². The Bertz CT molecular complexity index is 1010. The van der Waals surface area contributed by atoms with Crippen molar-refractivity contribution in [2.24, 2.45) is 13.0 Å². The number of nitrogens with one attached hydrogen (secondary N) is 1. The van der Waals surface area contributed by atoms with Crippen molar-refractivity contribution in [3.05, 3.63) is 42.7 Å². The molecule has 2 amide bonds. The SMILES string of the molecule is Cn1cc(NC(=O)c2coc(-c3c[c]ncc3)n2)c(N2CC(CO)CC2=O)n1. The second kappa shape index (κ2) is 7.24. The molecule has 4 heterocycles. The van der Waals surface area contributed by atoms with Crippen LogP contribution in [0.4, 0.5) is 11.5 Å². The molecule has 0 spiro atoms. The highest BCUT2D eigenvalue weighted by atomic mass is 16.3. The Kier molecular flexibility index (Phi) is 4.62. The molecule has 28 heavy (non-hydrogen) atoms. The van der Waals surface area contributed by atoms with E-state index in [0.29, 0.717) is 23.6 Å². The maximum absolute atomic E-state index is 12.6. The van der Waals surface area contributed by atoms with Crippen molar-refractivity contribution in [1.82, 2.24) is 19.7 Å². The molecule has 0 bridgehead atoms. The van der Waals surface area contributed by atoms with Gasteiger partial charge in [-0.15, -0.1) is 0 Å². The minimum atomic E-state index is -0.493. The van der Waals surface area contributed by atoms with Gasteiger partial charge in [-0.2, -0.15) is 5.10 Å². The first-order chi connectivity index (χ1) is 13.5. The molecule has 1 unspecified atom stereocenters. The summed E-state index contributed by atoms with van der Waals surface area (Å²) in [5.41, 5.74) is 1.11. The Labute approximate surface area is 159 Å². The number of hydrogen-bond acceptors (Lipinski definition) is 7. The Morgan fingerprint density at radius 2 is 2.36 bits per heavy atom. The standard InChI is InChI=1S/C18H17N6O4/c1-23-8-13(16(22-23)24-7-11(9-25)6-15(24)26)20-17(27)14-10-28-18(21-14)12-2-4-19-5-3-12/h2-4,8,10-11,25H,6-7,9H2,1H3,(H,20,27). The summed E-state index contributed by atoms with van der Waals surface area (Å²) in [5.74, 6) is -0.174. The van der Waals surface area contributed by atoms with E-state index in [1.54, 1.807) is 31.6 Å². The molecule has 1 fully saturated rings. The van der Waals surface area contributed by atoms with Crippen LogP contribution in [0, 0.1) is 12.1 Å². The Hall–Kier alpha value is -3.53. The van der Waals surface area contributed by atoms with Gasteiger partial charge in [0.2, 0.25) is 11.8 Å². The molecule has 1 saturated heterocycles. The van der Waals surface area contributed by atoms with Crippen LogP contribution in [-0.2, 0) is 11.8 Å². The summed E-state index contributed by atoms with van der Waals surface area (Å²) in [6, 6.07) is 3.29. The van der Waals surface area contributed by atoms with Crippen molar-refractivity contribution >= 4 is 23.3 Å². The third-order valence-corrected chi connectivity index (χ3v) is 4.38. The smallest absolute Gasteiger partial charge is 0.277 e. The van der Waals surface area contributed by atoms with E-state index in [4.69, 9.17) is 4.42 Å². The van der Waals surface area contributed by atoms with E-state index < -0.39 is 5.91 Å². The molecule has 4 rings (SSSR count). The largest absolute Gasteiger partial charge is 0.444 e. The molecular formula is C18H17N6O4. The highest BCUT2D eigenvalue weighted by Crippen LogP contribution is 2.30. The molecule has 143 valence electrons. The van der Waals surface area contributed by atoms with Crippen LogP contribution in [0.5, 0.6) is 0 Å². The number of pyridine rings is 1. The number of aromatic nitrogens is 4. The number of nitrogens with zero attached hydrogens (tertiary/aromatic N) is 5. The Morgan fingerprint density at radius 3 is 3.07 bits per heavy atom. The molecule has 0 aromatic carbocycles. The summed E-state index contributed by atoms with van der Waals surface area (Å²) >= 11 is 0. The number of anilines is 2. The van der Waals surface area contributed by atoms with Gasteiger partial charge in [0, 0.05) is 44.3 Å². The maximum Gasteiger partial charge on any atom is 0.277 e. The minimum Gasteiger partial charge on any atom is -0.444 e. The summed E-state index contributed by atoms with van der Waals surface area (Å²) < 4.78 is 6.86. The number of carbonyl (C=O) groups is 2. The summed E-state index contributed by atoms with van der Waals surface area (Å²) in [6.07, 6.45) is 7.33. The van der Waals surface area contributed by atoms with Crippen LogP contribution in [0.15, 0.2) is 35.2 Å². The zero-order valence-corrected chi connectivity index (χ0v) is 15.0. The topological polar surface area (TPSA) is 126 Å². The lowest BCUT2D eigenvalue weighted by molar-refractivity contribution is -0.117. The van der Waals surface area contributed by atoms with Crippen molar-refractivity contribution in [3.63, 3.8) is 0 Å². The van der Waals surface area contributed by atoms with Crippen LogP contribution < -0.4 is 10.2 Å². The normalized spacial score (nSPS) is 16.6. The number of amides is 2. The van der Waals surface area contributed by atoms with Crippen molar-refractivity contribution in [2.75, 3.05) is 23.4 Å². The number of aryl methyl sites for hydroxylation is 1. The number of carbonyl (C=O) groups excluding carboxylic acids is 2. The second-order valence-corrected chi connectivity index (χ2v) is 6.46. The molecule has 10 nitrogen and oxygen atoms in total. The number of hydrogen-bond donors (Lipinski definition) is 2. The monoisotopic (exact) mass is 381 g/mol. The molecule has 1 radical (unpaired) electrons. The average molecular weight is 381 g/mol. The molecule has 3 aromatic rings. The highest BCUT2D eigenvalue weighted by Gasteiger charge is 2.33. The lowest BCUT2D eigenvalue weighted by Crippen LogP contribution is -2.27. The third kappa shape index (κ3) is 3.37. The second-order valence-electron chi connectivity index (χ2n) is 6.46. The van der Waals surface area contributed by atoms with E-state index in [-0.39, 0.29) is 36.4 Å². The first-order valence-corrected chi connectivity index (χ1v) is 8.59. The van der Waals surface area contributed by atoms with Gasteiger partial charge in [-0.3, -0.25) is 24.2 Å². The molecule has 2 N–H and O–H groups in total. The van der Waals surface area contributed by atoms with Crippen LogP contribution in [0.3, 0.4) is 0 Å². The zero-order valence-electron chi connectivity index (χ0n) is 15.0. The molecule has 1 atom stereocenters. The van der Waals surface area contributed by atoms with Gasteiger partial charge in [0.1, 0.15) is 12.0 Å². The highest BCUT2D eigenvalue weighted by molar-refractivity contribution is 6.06. The minimum absolute atomic E-state index is 0.0785. The van der Waals surface area contributed by atoms with Gasteiger partial charge in [-0.25, -0.2) is 4.98 Å². The third-order valence-electron chi connectivity index (χ3n) is 4.38. The number of aliphatic hydroxyl groups excluding tert-OH is 1. The molecule has 10 heteroatoms. The van der Waals surface area contributed by atoms with Gasteiger partial charge in [0.25, 0.3) is 5.91 Å². The molecule has 0 saturated carbocycles. The molecule has 3 aromatic heterocycles.